The maximum absolute atomic E-state index is 13.4. The van der Waals surface area contributed by atoms with Crippen LogP contribution in [0.25, 0.3) is 21.7 Å². The van der Waals surface area contributed by atoms with Gasteiger partial charge in [-0.15, -0.1) is 0 Å². The van der Waals surface area contributed by atoms with E-state index in [2.05, 4.69) is 40.3 Å². The third-order valence-electron chi connectivity index (χ3n) is 6.27. The van der Waals surface area contributed by atoms with Crippen molar-refractivity contribution in [1.82, 2.24) is 15.0 Å². The molecule has 6 rings (SSSR count). The summed E-state index contributed by atoms with van der Waals surface area (Å²) in [7, 11) is 0. The molecule has 5 aromatic rings. The van der Waals surface area contributed by atoms with Gasteiger partial charge >= 0.3 is 0 Å². The van der Waals surface area contributed by atoms with Crippen LogP contribution in [-0.2, 0) is 4.79 Å². The van der Waals surface area contributed by atoms with E-state index in [4.69, 9.17) is 9.84 Å². The largest absolute Gasteiger partial charge is 0.467 e. The van der Waals surface area contributed by atoms with Gasteiger partial charge in [0.05, 0.1) is 22.7 Å². The Hall–Kier alpha value is -4.58. The first-order valence-electron chi connectivity index (χ1n) is 11.5. The molecule has 35 heavy (non-hydrogen) atoms. The van der Waals surface area contributed by atoms with Crippen molar-refractivity contribution in [2.45, 2.75) is 12.5 Å². The number of benzene rings is 4. The predicted molar refractivity (Wildman–Crippen MR) is 136 cm³/mol. The molecule has 2 heterocycles. The number of fused-ring (bicyclic) bond motifs is 2. The van der Waals surface area contributed by atoms with Gasteiger partial charge in [0.2, 0.25) is 5.88 Å². The lowest BCUT2D eigenvalue weighted by Gasteiger charge is -2.22. The average molecular weight is 459 g/mol. The summed E-state index contributed by atoms with van der Waals surface area (Å²) in [4.78, 5) is 21.9. The number of nitrogens with zero attached hydrogens (tertiary/aromatic N) is 4. The minimum atomic E-state index is -0.225. The van der Waals surface area contributed by atoms with Gasteiger partial charge in [-0.1, -0.05) is 78.9 Å². The quantitative estimate of drug-likeness (QED) is 0.347. The fourth-order valence-electron chi connectivity index (χ4n) is 4.51. The molecule has 1 atom stereocenters. The number of rotatable bonds is 5. The van der Waals surface area contributed by atoms with Gasteiger partial charge in [0.25, 0.3) is 5.91 Å². The summed E-state index contributed by atoms with van der Waals surface area (Å²) < 4.78 is 5.86. The lowest BCUT2D eigenvalue weighted by atomic mass is 9.97. The summed E-state index contributed by atoms with van der Waals surface area (Å²) in [6, 6.07) is 31.9. The Balaban J connectivity index is 1.30. The second kappa shape index (κ2) is 8.99. The molecule has 1 aliphatic heterocycles. The first kappa shape index (κ1) is 21.0. The summed E-state index contributed by atoms with van der Waals surface area (Å²) in [6.45, 7) is -0.168. The molecule has 170 valence electrons. The fraction of sp³-hybridized carbons (Fsp3) is 0.103. The molecule has 0 N–H and O–H groups in total. The summed E-state index contributed by atoms with van der Waals surface area (Å²) in [5.41, 5.74) is 3.70. The van der Waals surface area contributed by atoms with E-state index in [9.17, 15) is 4.79 Å². The molecule has 0 radical (unpaired) electrons. The third-order valence-corrected chi connectivity index (χ3v) is 6.27. The van der Waals surface area contributed by atoms with Crippen molar-refractivity contribution in [2.75, 3.05) is 6.61 Å². The molecule has 6 nitrogen and oxygen atoms in total. The molecule has 0 saturated heterocycles. The molecule has 0 fully saturated rings. The minimum Gasteiger partial charge on any atom is -0.467 e. The molecule has 0 aliphatic carbocycles. The van der Waals surface area contributed by atoms with Crippen LogP contribution in [0.5, 0.6) is 5.88 Å². The van der Waals surface area contributed by atoms with E-state index in [0.717, 1.165) is 33.1 Å². The zero-order valence-electron chi connectivity index (χ0n) is 18.9. The molecule has 6 heteroatoms. The topological polar surface area (TPSA) is 67.7 Å². The molecular weight excluding hydrogens is 436 g/mol. The highest BCUT2D eigenvalue weighted by atomic mass is 16.5. The van der Waals surface area contributed by atoms with Crippen molar-refractivity contribution in [3.63, 3.8) is 0 Å². The summed E-state index contributed by atoms with van der Waals surface area (Å²) in [6.07, 6.45) is 2.07. The van der Waals surface area contributed by atoms with Crippen molar-refractivity contribution in [1.29, 1.82) is 0 Å². The van der Waals surface area contributed by atoms with E-state index < -0.39 is 0 Å². The van der Waals surface area contributed by atoms with Crippen molar-refractivity contribution in [2.24, 2.45) is 5.10 Å². The van der Waals surface area contributed by atoms with Crippen LogP contribution in [-0.4, -0.2) is 33.2 Å². The van der Waals surface area contributed by atoms with Crippen LogP contribution in [0.4, 0.5) is 0 Å². The van der Waals surface area contributed by atoms with E-state index in [0.29, 0.717) is 12.3 Å². The van der Waals surface area contributed by atoms with E-state index >= 15 is 0 Å². The summed E-state index contributed by atoms with van der Waals surface area (Å²) >= 11 is 0. The Kier molecular flexibility index (Phi) is 5.39. The monoisotopic (exact) mass is 458 g/mol. The molecule has 1 aromatic heterocycles. The van der Waals surface area contributed by atoms with Gasteiger partial charge < -0.3 is 4.74 Å². The molecule has 4 aromatic carbocycles. The van der Waals surface area contributed by atoms with Gasteiger partial charge in [-0.25, -0.2) is 15.0 Å². The first-order valence-corrected chi connectivity index (χ1v) is 11.5. The number of aromatic nitrogens is 2. The van der Waals surface area contributed by atoms with Gasteiger partial charge in [-0.3, -0.25) is 4.79 Å². The average Bonchev–Trinajstić information content (AvgIpc) is 3.38. The number of hydrogen-bond acceptors (Lipinski definition) is 5. The van der Waals surface area contributed by atoms with Crippen LogP contribution in [0.1, 0.15) is 23.6 Å². The first-order chi connectivity index (χ1) is 17.3. The maximum atomic E-state index is 13.4. The molecule has 0 saturated carbocycles. The Labute approximate surface area is 202 Å². The minimum absolute atomic E-state index is 0.168. The smallest absolute Gasteiger partial charge is 0.281 e. The summed E-state index contributed by atoms with van der Waals surface area (Å²) in [5, 5.41) is 9.43. The Bertz CT molecular complexity index is 1560. The van der Waals surface area contributed by atoms with E-state index in [1.165, 1.54) is 11.7 Å². The molecule has 1 amide bonds. The van der Waals surface area contributed by atoms with Gasteiger partial charge in [0.1, 0.15) is 6.33 Å². The van der Waals surface area contributed by atoms with Crippen molar-refractivity contribution in [3.8, 4) is 5.88 Å². The SMILES string of the molecule is O=C(COc1ncnc2ccccc12)N1N=C(c2ccc3ccccc3c2)CC1c1ccccc1. The molecule has 0 spiro atoms. The normalized spacial score (nSPS) is 15.4. The number of carbonyl (C=O) groups is 1. The predicted octanol–water partition coefficient (Wildman–Crippen LogP) is 5.54. The lowest BCUT2D eigenvalue weighted by Crippen LogP contribution is -2.31. The Morgan fingerprint density at radius 3 is 2.51 bits per heavy atom. The number of amides is 1. The van der Waals surface area contributed by atoms with Crippen LogP contribution in [0, 0.1) is 0 Å². The van der Waals surface area contributed by atoms with E-state index in [1.807, 2.05) is 66.7 Å². The molecule has 1 aliphatic rings. The Morgan fingerprint density at radius 1 is 0.857 bits per heavy atom. The Morgan fingerprint density at radius 2 is 1.63 bits per heavy atom. The molecular formula is C29H22N4O2. The number of hydrazone groups is 1. The number of hydrogen-bond donors (Lipinski definition) is 0. The highest BCUT2D eigenvalue weighted by molar-refractivity contribution is 6.05. The van der Waals surface area contributed by atoms with Crippen LogP contribution in [0.15, 0.2) is 108 Å². The fourth-order valence-corrected chi connectivity index (χ4v) is 4.51. The van der Waals surface area contributed by atoms with Crippen molar-refractivity contribution < 1.29 is 9.53 Å². The zero-order chi connectivity index (χ0) is 23.6. The second-order valence-electron chi connectivity index (χ2n) is 8.46. The number of ether oxygens (including phenoxy) is 1. The zero-order valence-corrected chi connectivity index (χ0v) is 18.9. The second-order valence-corrected chi connectivity index (χ2v) is 8.46. The van der Waals surface area contributed by atoms with Gasteiger partial charge in [0.15, 0.2) is 6.61 Å². The standard InChI is InChI=1S/C29H22N4O2/c34-28(18-35-29-24-12-6-7-13-25(24)30-19-31-29)33-27(21-9-2-1-3-10-21)17-26(32-33)23-15-14-20-8-4-5-11-22(20)16-23/h1-16,19,27H,17-18H2. The van der Waals surface area contributed by atoms with Crippen molar-refractivity contribution in [3.05, 3.63) is 115 Å². The maximum Gasteiger partial charge on any atom is 0.281 e. The van der Waals surface area contributed by atoms with Crippen LogP contribution < -0.4 is 4.74 Å². The van der Waals surface area contributed by atoms with E-state index in [-0.39, 0.29) is 18.6 Å². The van der Waals surface area contributed by atoms with Crippen LogP contribution in [0.3, 0.4) is 0 Å². The van der Waals surface area contributed by atoms with E-state index in [1.54, 1.807) is 5.01 Å². The third kappa shape index (κ3) is 4.10. The highest BCUT2D eigenvalue weighted by Gasteiger charge is 2.33. The van der Waals surface area contributed by atoms with Gasteiger partial charge in [-0.2, -0.15) is 5.10 Å². The van der Waals surface area contributed by atoms with Gasteiger partial charge in [-0.05, 0) is 40.1 Å². The highest BCUT2D eigenvalue weighted by Crippen LogP contribution is 2.33. The lowest BCUT2D eigenvalue weighted by molar-refractivity contribution is -0.135. The van der Waals surface area contributed by atoms with Gasteiger partial charge in [0, 0.05) is 6.42 Å². The number of carbonyl (C=O) groups excluding carboxylic acids is 1. The number of para-hydroxylation sites is 1. The molecule has 1 unspecified atom stereocenters. The van der Waals surface area contributed by atoms with Crippen LogP contribution in [0.2, 0.25) is 0 Å². The summed E-state index contributed by atoms with van der Waals surface area (Å²) in [5.74, 6) is 0.162. The molecule has 0 bridgehead atoms. The van der Waals surface area contributed by atoms with Crippen LogP contribution >= 0.6 is 0 Å². The van der Waals surface area contributed by atoms with Crippen molar-refractivity contribution >= 4 is 33.3 Å².